The van der Waals surface area contributed by atoms with Crippen molar-refractivity contribution in [1.29, 1.82) is 0 Å². The van der Waals surface area contributed by atoms with Crippen LogP contribution in [0.3, 0.4) is 0 Å². The second kappa shape index (κ2) is 11.8. The summed E-state index contributed by atoms with van der Waals surface area (Å²) in [7, 11) is 0. The van der Waals surface area contributed by atoms with Gasteiger partial charge in [0.1, 0.15) is 0 Å². The third-order valence-corrected chi connectivity index (χ3v) is 6.42. The monoisotopic (exact) mass is 592 g/mol. The molecule has 0 unspecified atom stereocenters. The van der Waals surface area contributed by atoms with Crippen molar-refractivity contribution in [2.45, 2.75) is 17.8 Å². The van der Waals surface area contributed by atoms with E-state index < -0.39 is 63.1 Å². The Kier molecular flexibility index (Phi) is 8.36. The molecule has 0 aromatic heterocycles. The lowest BCUT2D eigenvalue weighted by Gasteiger charge is -2.39. The molecule has 10 heteroatoms. The molecule has 4 aromatic rings. The molecule has 4 rings (SSSR count). The fourth-order valence-electron chi connectivity index (χ4n) is 4.45. The number of carboxylic acids is 2. The normalized spacial score (nSPS) is 11.5. The van der Waals surface area contributed by atoms with Crippen molar-refractivity contribution in [3.63, 3.8) is 0 Å². The maximum atomic E-state index is 15.2. The van der Waals surface area contributed by atoms with E-state index in [9.17, 15) is 19.8 Å². The number of aromatic carboxylic acids is 2. The molecule has 0 heterocycles. The predicted octanol–water partition coefficient (Wildman–Crippen LogP) is 7.29. The third kappa shape index (κ3) is 6.09. The van der Waals surface area contributed by atoms with Gasteiger partial charge in [-0.2, -0.15) is 26.3 Å². The molecule has 2 N–H and O–H groups in total. The Morgan fingerprint density at radius 2 is 0.860 bits per heavy atom. The maximum Gasteiger partial charge on any atom is 0.411 e. The van der Waals surface area contributed by atoms with Crippen molar-refractivity contribution >= 4 is 11.9 Å². The first kappa shape index (κ1) is 30.5. The first-order valence-corrected chi connectivity index (χ1v) is 12.3. The minimum absolute atomic E-state index is 0.249. The first-order valence-electron chi connectivity index (χ1n) is 12.3. The summed E-state index contributed by atoms with van der Waals surface area (Å²) in [5, 5.41) is 18.9. The summed E-state index contributed by atoms with van der Waals surface area (Å²) in [6, 6.07) is 18.7. The molecular weight excluding hydrogens is 574 g/mol. The number of hydrogen-bond acceptors (Lipinski definition) is 2. The quantitative estimate of drug-likeness (QED) is 0.193. The standard InChI is InChI=1S/C33H18F6O4/c34-32(35,36)31(33(37,38)39,27-17-15-25(29(40)41)19-23(27)13-11-21-7-3-1-4-8-21)28-18-16-26(30(42)43)20-24(28)14-12-22-9-5-2-6-10-22/h1-10,15-20H,(H,40,41)(H,42,43). The van der Waals surface area contributed by atoms with Crippen LogP contribution >= 0.6 is 0 Å². The van der Waals surface area contributed by atoms with Crippen LogP contribution in [0.25, 0.3) is 0 Å². The minimum Gasteiger partial charge on any atom is -0.478 e. The van der Waals surface area contributed by atoms with Gasteiger partial charge in [-0.05, 0) is 59.7 Å². The van der Waals surface area contributed by atoms with Gasteiger partial charge < -0.3 is 10.2 Å². The van der Waals surface area contributed by atoms with Crippen molar-refractivity contribution in [2.75, 3.05) is 0 Å². The van der Waals surface area contributed by atoms with E-state index in [1.807, 2.05) is 0 Å². The van der Waals surface area contributed by atoms with Crippen molar-refractivity contribution < 1.29 is 46.1 Å². The number of benzene rings is 4. The summed E-state index contributed by atoms with van der Waals surface area (Å²) in [5.41, 5.74) is -9.97. The van der Waals surface area contributed by atoms with Crippen molar-refractivity contribution in [2.24, 2.45) is 0 Å². The van der Waals surface area contributed by atoms with Gasteiger partial charge in [0, 0.05) is 22.3 Å². The van der Waals surface area contributed by atoms with Crippen LogP contribution in [0.1, 0.15) is 54.1 Å². The lowest BCUT2D eigenvalue weighted by atomic mass is 9.69. The van der Waals surface area contributed by atoms with Crippen LogP contribution in [0.4, 0.5) is 26.3 Å². The molecule has 0 spiro atoms. The highest BCUT2D eigenvalue weighted by molar-refractivity contribution is 5.89. The molecule has 216 valence electrons. The number of carboxylic acid groups (broad SMARTS) is 2. The lowest BCUT2D eigenvalue weighted by molar-refractivity contribution is -0.288. The summed E-state index contributed by atoms with van der Waals surface area (Å²) in [6.45, 7) is 0. The second-order valence-electron chi connectivity index (χ2n) is 9.11. The van der Waals surface area contributed by atoms with E-state index in [4.69, 9.17) is 0 Å². The van der Waals surface area contributed by atoms with Crippen LogP contribution in [-0.2, 0) is 5.41 Å². The maximum absolute atomic E-state index is 15.2. The lowest BCUT2D eigenvalue weighted by Crippen LogP contribution is -2.55. The van der Waals surface area contributed by atoms with Gasteiger partial charge in [0.25, 0.3) is 0 Å². The summed E-state index contributed by atoms with van der Waals surface area (Å²) < 4.78 is 91.2. The van der Waals surface area contributed by atoms with Crippen LogP contribution < -0.4 is 0 Å². The number of rotatable bonds is 4. The first-order chi connectivity index (χ1) is 20.3. The molecule has 4 aromatic carbocycles. The zero-order valence-corrected chi connectivity index (χ0v) is 21.7. The third-order valence-electron chi connectivity index (χ3n) is 6.42. The highest BCUT2D eigenvalue weighted by Gasteiger charge is 2.73. The van der Waals surface area contributed by atoms with Gasteiger partial charge in [-0.15, -0.1) is 0 Å². The molecule has 0 fully saturated rings. The molecule has 0 saturated carbocycles. The second-order valence-corrected chi connectivity index (χ2v) is 9.11. The van der Waals surface area contributed by atoms with Crippen LogP contribution in [0, 0.1) is 23.7 Å². The number of halogens is 6. The largest absolute Gasteiger partial charge is 0.478 e. The molecule has 43 heavy (non-hydrogen) atoms. The topological polar surface area (TPSA) is 74.6 Å². The molecule has 0 bridgehead atoms. The van der Waals surface area contributed by atoms with Gasteiger partial charge in [-0.1, -0.05) is 72.2 Å². The van der Waals surface area contributed by atoms with E-state index in [0.29, 0.717) is 36.4 Å². The average Bonchev–Trinajstić information content (AvgIpc) is 2.95. The zero-order valence-electron chi connectivity index (χ0n) is 21.7. The Hall–Kier alpha value is -5.48. The van der Waals surface area contributed by atoms with Crippen molar-refractivity contribution in [1.82, 2.24) is 0 Å². The van der Waals surface area contributed by atoms with E-state index in [2.05, 4.69) is 23.7 Å². The molecule has 0 amide bonds. The van der Waals surface area contributed by atoms with E-state index in [1.165, 1.54) is 24.3 Å². The number of alkyl halides is 6. The summed E-state index contributed by atoms with van der Waals surface area (Å²) >= 11 is 0. The Balaban J connectivity index is 2.15. The molecular formula is C33H18F6O4. The fourth-order valence-corrected chi connectivity index (χ4v) is 4.45. The SMILES string of the molecule is O=C(O)c1ccc(C(c2ccc(C(=O)O)cc2C#Cc2ccccc2)(C(F)(F)F)C(F)(F)F)c(C#Cc2ccccc2)c1. The summed E-state index contributed by atoms with van der Waals surface area (Å²) in [5.74, 6) is 6.41. The molecule has 0 aliphatic heterocycles. The highest BCUT2D eigenvalue weighted by Crippen LogP contribution is 2.57. The molecule has 4 nitrogen and oxygen atoms in total. The fraction of sp³-hybridized carbons (Fsp3) is 0.0909. The minimum atomic E-state index is -6.09. The van der Waals surface area contributed by atoms with Gasteiger partial charge in [0.15, 0.2) is 0 Å². The van der Waals surface area contributed by atoms with E-state index in [1.54, 1.807) is 36.4 Å². The van der Waals surface area contributed by atoms with Crippen LogP contribution in [-0.4, -0.2) is 34.5 Å². The summed E-state index contributed by atoms with van der Waals surface area (Å²) in [6.07, 6.45) is -12.2. The van der Waals surface area contributed by atoms with Gasteiger partial charge in [-0.3, -0.25) is 0 Å². The Labute approximate surface area is 241 Å². The van der Waals surface area contributed by atoms with E-state index in [0.717, 1.165) is 0 Å². The van der Waals surface area contributed by atoms with Gasteiger partial charge in [0.2, 0.25) is 5.41 Å². The predicted molar refractivity (Wildman–Crippen MR) is 145 cm³/mol. The van der Waals surface area contributed by atoms with Crippen molar-refractivity contribution in [3.05, 3.63) is 142 Å². The van der Waals surface area contributed by atoms with Gasteiger partial charge in [0.05, 0.1) is 11.1 Å². The molecule has 0 atom stereocenters. The number of carbonyl (C=O) groups is 2. The molecule has 0 saturated heterocycles. The van der Waals surface area contributed by atoms with E-state index >= 15 is 26.3 Å². The van der Waals surface area contributed by atoms with Gasteiger partial charge in [-0.25, -0.2) is 9.59 Å². The smallest absolute Gasteiger partial charge is 0.411 e. The number of hydrogen-bond donors (Lipinski definition) is 2. The molecule has 0 radical (unpaired) electrons. The summed E-state index contributed by atoms with van der Waals surface area (Å²) in [4.78, 5) is 23.3. The van der Waals surface area contributed by atoms with Crippen LogP contribution in [0.2, 0.25) is 0 Å². The van der Waals surface area contributed by atoms with Crippen LogP contribution in [0.5, 0.6) is 0 Å². The van der Waals surface area contributed by atoms with Crippen molar-refractivity contribution in [3.8, 4) is 23.7 Å². The van der Waals surface area contributed by atoms with Gasteiger partial charge >= 0.3 is 24.3 Å². The highest BCUT2D eigenvalue weighted by atomic mass is 19.4. The average molecular weight is 592 g/mol. The Morgan fingerprint density at radius 3 is 1.16 bits per heavy atom. The van der Waals surface area contributed by atoms with E-state index in [-0.39, 0.29) is 11.1 Å². The Bertz CT molecular complexity index is 1670. The molecule has 0 aliphatic rings. The molecule has 0 aliphatic carbocycles. The Morgan fingerprint density at radius 1 is 0.512 bits per heavy atom. The zero-order chi connectivity index (χ0) is 31.4. The van der Waals surface area contributed by atoms with Crippen LogP contribution in [0.15, 0.2) is 97.1 Å².